The first-order valence-electron chi connectivity index (χ1n) is 7.29. The van der Waals surface area contributed by atoms with E-state index in [0.29, 0.717) is 13.1 Å². The normalized spacial score (nSPS) is 11.1. The molecule has 5 heteroatoms. The number of para-hydroxylation sites is 1. The molecule has 0 spiro atoms. The Morgan fingerprint density at radius 3 is 2.52 bits per heavy atom. The topological polar surface area (TPSA) is 34.1 Å². The maximum atomic E-state index is 12.1. The van der Waals surface area contributed by atoms with Crippen molar-refractivity contribution in [2.75, 3.05) is 0 Å². The molecule has 0 fully saturated rings. The zero-order valence-electron chi connectivity index (χ0n) is 12.4. The molecule has 0 bridgehead atoms. The number of pyridine rings is 1. The van der Waals surface area contributed by atoms with E-state index in [2.05, 4.69) is 15.0 Å². The van der Waals surface area contributed by atoms with Gasteiger partial charge in [0.25, 0.3) is 0 Å². The Morgan fingerprint density at radius 2 is 1.74 bits per heavy atom. The number of hydrogen-bond acceptors (Lipinski definition) is 3. The van der Waals surface area contributed by atoms with Crippen molar-refractivity contribution in [3.8, 4) is 5.75 Å². The van der Waals surface area contributed by atoms with Crippen LogP contribution >= 0.6 is 0 Å². The standard InChI is InChI=1S/C18H16F2N2O/c19-18(20)23-16-8-6-13(7-9-16)11-21-12-15-4-1-3-14-5-2-10-22-17(14)15/h1-10,18,21H,11-12H2. The third-order valence-electron chi connectivity index (χ3n) is 3.51. The molecule has 0 aliphatic carbocycles. The van der Waals surface area contributed by atoms with Gasteiger partial charge in [-0.25, -0.2) is 0 Å². The lowest BCUT2D eigenvalue weighted by atomic mass is 10.1. The summed E-state index contributed by atoms with van der Waals surface area (Å²) < 4.78 is 28.5. The monoisotopic (exact) mass is 314 g/mol. The number of halogens is 2. The maximum absolute atomic E-state index is 12.1. The fourth-order valence-corrected chi connectivity index (χ4v) is 2.44. The van der Waals surface area contributed by atoms with Gasteiger partial charge in [0.05, 0.1) is 5.52 Å². The number of ether oxygens (including phenoxy) is 1. The van der Waals surface area contributed by atoms with Crippen LogP contribution in [0.3, 0.4) is 0 Å². The molecule has 0 saturated carbocycles. The minimum absolute atomic E-state index is 0.169. The average Bonchev–Trinajstić information content (AvgIpc) is 2.56. The molecule has 3 nitrogen and oxygen atoms in total. The van der Waals surface area contributed by atoms with Crippen molar-refractivity contribution < 1.29 is 13.5 Å². The van der Waals surface area contributed by atoms with Crippen LogP contribution in [0.4, 0.5) is 8.78 Å². The third kappa shape index (κ3) is 4.02. The summed E-state index contributed by atoms with van der Waals surface area (Å²) in [5.41, 5.74) is 3.11. The SMILES string of the molecule is FC(F)Oc1ccc(CNCc2cccc3cccnc23)cc1. The molecule has 0 radical (unpaired) electrons. The highest BCUT2D eigenvalue weighted by molar-refractivity contribution is 5.81. The van der Waals surface area contributed by atoms with Crippen molar-refractivity contribution in [3.63, 3.8) is 0 Å². The first kappa shape index (κ1) is 15.4. The molecule has 0 saturated heterocycles. The minimum Gasteiger partial charge on any atom is -0.435 e. The Balaban J connectivity index is 1.60. The van der Waals surface area contributed by atoms with Crippen LogP contribution in [0.1, 0.15) is 11.1 Å². The molecule has 0 unspecified atom stereocenters. The number of rotatable bonds is 6. The third-order valence-corrected chi connectivity index (χ3v) is 3.51. The van der Waals surface area contributed by atoms with Gasteiger partial charge in [0, 0.05) is 24.7 Å². The lowest BCUT2D eigenvalue weighted by Gasteiger charge is -2.09. The van der Waals surface area contributed by atoms with Gasteiger partial charge < -0.3 is 10.1 Å². The van der Waals surface area contributed by atoms with E-state index < -0.39 is 6.61 Å². The summed E-state index contributed by atoms with van der Waals surface area (Å²) in [5.74, 6) is 0.169. The van der Waals surface area contributed by atoms with Crippen LogP contribution in [0.25, 0.3) is 10.9 Å². The number of nitrogens with one attached hydrogen (secondary N) is 1. The summed E-state index contributed by atoms with van der Waals surface area (Å²) in [7, 11) is 0. The van der Waals surface area contributed by atoms with Gasteiger partial charge in [-0.15, -0.1) is 0 Å². The van der Waals surface area contributed by atoms with Crippen molar-refractivity contribution in [1.29, 1.82) is 0 Å². The molecular formula is C18H16F2N2O. The summed E-state index contributed by atoms with van der Waals surface area (Å²) in [5, 5.41) is 4.45. The van der Waals surface area contributed by atoms with E-state index in [4.69, 9.17) is 0 Å². The van der Waals surface area contributed by atoms with Crippen LogP contribution < -0.4 is 10.1 Å². The second kappa shape index (κ2) is 7.15. The minimum atomic E-state index is -2.79. The van der Waals surface area contributed by atoms with E-state index in [1.807, 2.05) is 30.3 Å². The second-order valence-corrected chi connectivity index (χ2v) is 5.12. The molecule has 23 heavy (non-hydrogen) atoms. The number of nitrogens with zero attached hydrogens (tertiary/aromatic N) is 1. The Morgan fingerprint density at radius 1 is 0.957 bits per heavy atom. The first-order valence-corrected chi connectivity index (χ1v) is 7.29. The molecule has 3 aromatic rings. The molecule has 118 valence electrons. The summed E-state index contributed by atoms with van der Waals surface area (Å²) in [6.07, 6.45) is 1.79. The van der Waals surface area contributed by atoms with E-state index in [0.717, 1.165) is 22.0 Å². The van der Waals surface area contributed by atoms with Crippen LogP contribution in [0.2, 0.25) is 0 Å². The number of hydrogen-bond donors (Lipinski definition) is 1. The van der Waals surface area contributed by atoms with Crippen molar-refractivity contribution >= 4 is 10.9 Å². The summed E-state index contributed by atoms with van der Waals surface area (Å²) in [6, 6.07) is 16.7. The predicted octanol–water partition coefficient (Wildman–Crippen LogP) is 4.13. The zero-order chi connectivity index (χ0) is 16.1. The van der Waals surface area contributed by atoms with E-state index in [9.17, 15) is 8.78 Å². The summed E-state index contributed by atoms with van der Waals surface area (Å²) >= 11 is 0. The van der Waals surface area contributed by atoms with Gasteiger partial charge in [-0.2, -0.15) is 8.78 Å². The fraction of sp³-hybridized carbons (Fsp3) is 0.167. The van der Waals surface area contributed by atoms with Crippen molar-refractivity contribution in [2.24, 2.45) is 0 Å². The summed E-state index contributed by atoms with van der Waals surface area (Å²) in [4.78, 5) is 4.42. The largest absolute Gasteiger partial charge is 0.435 e. The lowest BCUT2D eigenvalue weighted by molar-refractivity contribution is -0.0498. The quantitative estimate of drug-likeness (QED) is 0.743. The van der Waals surface area contributed by atoms with E-state index in [1.165, 1.54) is 0 Å². The highest BCUT2D eigenvalue weighted by Gasteiger charge is 2.04. The molecule has 0 aliphatic heterocycles. The highest BCUT2D eigenvalue weighted by atomic mass is 19.3. The summed E-state index contributed by atoms with van der Waals surface area (Å²) in [6.45, 7) is -1.47. The molecule has 1 aromatic heterocycles. The number of aromatic nitrogens is 1. The van der Waals surface area contributed by atoms with Crippen LogP contribution in [0.5, 0.6) is 5.75 Å². The molecule has 1 heterocycles. The highest BCUT2D eigenvalue weighted by Crippen LogP contribution is 2.17. The van der Waals surface area contributed by atoms with E-state index in [1.54, 1.807) is 30.5 Å². The van der Waals surface area contributed by atoms with Crippen LogP contribution in [0.15, 0.2) is 60.8 Å². The molecular weight excluding hydrogens is 298 g/mol. The van der Waals surface area contributed by atoms with Crippen molar-refractivity contribution in [3.05, 3.63) is 71.9 Å². The Hall–Kier alpha value is -2.53. The van der Waals surface area contributed by atoms with E-state index in [-0.39, 0.29) is 5.75 Å². The van der Waals surface area contributed by atoms with Gasteiger partial charge in [0.2, 0.25) is 0 Å². The molecule has 3 rings (SSSR count). The second-order valence-electron chi connectivity index (χ2n) is 5.12. The zero-order valence-corrected chi connectivity index (χ0v) is 12.4. The van der Waals surface area contributed by atoms with Crippen LogP contribution in [0, 0.1) is 0 Å². The van der Waals surface area contributed by atoms with Gasteiger partial charge >= 0.3 is 6.61 Å². The van der Waals surface area contributed by atoms with Gasteiger partial charge in [-0.1, -0.05) is 36.4 Å². The van der Waals surface area contributed by atoms with E-state index >= 15 is 0 Å². The Labute approximate surface area is 132 Å². The van der Waals surface area contributed by atoms with Crippen molar-refractivity contribution in [1.82, 2.24) is 10.3 Å². The lowest BCUT2D eigenvalue weighted by Crippen LogP contribution is -2.13. The average molecular weight is 314 g/mol. The maximum Gasteiger partial charge on any atom is 0.387 e. The van der Waals surface area contributed by atoms with Crippen molar-refractivity contribution in [2.45, 2.75) is 19.7 Å². The van der Waals surface area contributed by atoms with Gasteiger partial charge in [-0.3, -0.25) is 4.98 Å². The Bertz CT molecular complexity index is 770. The molecule has 0 aliphatic rings. The number of fused-ring (bicyclic) bond motifs is 1. The molecule has 2 aromatic carbocycles. The molecule has 0 amide bonds. The molecule has 1 N–H and O–H groups in total. The van der Waals surface area contributed by atoms with Crippen LogP contribution in [-0.2, 0) is 13.1 Å². The van der Waals surface area contributed by atoms with Gasteiger partial charge in [0.15, 0.2) is 0 Å². The first-order chi connectivity index (χ1) is 11.2. The van der Waals surface area contributed by atoms with Gasteiger partial charge in [-0.05, 0) is 29.3 Å². The smallest absolute Gasteiger partial charge is 0.387 e. The Kier molecular flexibility index (Phi) is 4.78. The number of benzene rings is 2. The van der Waals surface area contributed by atoms with Crippen LogP contribution in [-0.4, -0.2) is 11.6 Å². The van der Waals surface area contributed by atoms with Gasteiger partial charge in [0.1, 0.15) is 5.75 Å². The number of alkyl halides is 2. The molecule has 0 atom stereocenters. The fourth-order valence-electron chi connectivity index (χ4n) is 2.44. The predicted molar refractivity (Wildman–Crippen MR) is 85.4 cm³/mol.